The molecule has 2 rings (SSSR count). The molecule has 0 heterocycles. The fourth-order valence-electron chi connectivity index (χ4n) is 1.22. The van der Waals surface area contributed by atoms with Gasteiger partial charge in [0.1, 0.15) is 11.5 Å². The molecule has 0 aliphatic rings. The van der Waals surface area contributed by atoms with Crippen LogP contribution in [0, 0.1) is 10.8 Å². The van der Waals surface area contributed by atoms with Crippen LogP contribution < -0.4 is 0 Å². The maximum absolute atomic E-state index is 8.96. The van der Waals surface area contributed by atoms with Gasteiger partial charge in [-0.15, -0.1) is 0 Å². The third kappa shape index (κ3) is 5.37. The van der Waals surface area contributed by atoms with Crippen molar-refractivity contribution >= 4 is 12.4 Å². The van der Waals surface area contributed by atoms with Crippen LogP contribution in [0.1, 0.15) is 11.1 Å². The second kappa shape index (κ2) is 8.90. The fourth-order valence-corrected chi connectivity index (χ4v) is 1.22. The van der Waals surface area contributed by atoms with Gasteiger partial charge in [0.2, 0.25) is 0 Å². The molecule has 2 aromatic rings. The monoisotopic (exact) mass is 301 g/mol. The van der Waals surface area contributed by atoms with Gasteiger partial charge in [-0.25, -0.2) is 0 Å². The normalized spacial score (nSPS) is 8.42. The minimum atomic E-state index is 0. The van der Waals surface area contributed by atoms with Gasteiger partial charge in [0.05, 0.1) is 0 Å². The Balaban J connectivity index is 0.000000324. The largest absolute Gasteiger partial charge is 0.507 e. The third-order valence-corrected chi connectivity index (χ3v) is 2.18. The number of benzene rings is 2. The molecular formula is C14H14CoN2O2. The molecule has 0 aromatic heterocycles. The first-order chi connectivity index (χ1) is 8.69. The molecule has 4 N–H and O–H groups in total. The standard InChI is InChI=1S/2C7H7NO.Co/c2*8-5-6-3-1-2-4-7(6)9;/h2*1-5,8-9H;. The molecule has 4 nitrogen and oxygen atoms in total. The summed E-state index contributed by atoms with van der Waals surface area (Å²) in [7, 11) is 0. The first-order valence-corrected chi connectivity index (χ1v) is 5.26. The van der Waals surface area contributed by atoms with Crippen LogP contribution in [-0.4, -0.2) is 22.6 Å². The Hall–Kier alpha value is -2.11. The van der Waals surface area contributed by atoms with Crippen molar-refractivity contribution in [1.82, 2.24) is 0 Å². The minimum absolute atomic E-state index is 0. The molecule has 0 saturated heterocycles. The molecule has 101 valence electrons. The van der Waals surface area contributed by atoms with Crippen molar-refractivity contribution in [1.29, 1.82) is 10.8 Å². The van der Waals surface area contributed by atoms with Crippen molar-refractivity contribution in [2.45, 2.75) is 0 Å². The summed E-state index contributed by atoms with van der Waals surface area (Å²) in [6, 6.07) is 13.5. The zero-order valence-corrected chi connectivity index (χ0v) is 11.0. The van der Waals surface area contributed by atoms with Crippen LogP contribution in [0.4, 0.5) is 0 Å². The maximum Gasteiger partial charge on any atom is 0.124 e. The zero-order chi connectivity index (χ0) is 13.4. The average molecular weight is 301 g/mol. The molecule has 0 unspecified atom stereocenters. The van der Waals surface area contributed by atoms with Gasteiger partial charge in [0.15, 0.2) is 0 Å². The number of phenolic OH excluding ortho intramolecular Hbond substituents is 2. The number of nitrogens with one attached hydrogen (secondary N) is 2. The average Bonchev–Trinajstić information content (AvgIpc) is 2.41. The van der Waals surface area contributed by atoms with E-state index in [0.29, 0.717) is 11.1 Å². The van der Waals surface area contributed by atoms with Gasteiger partial charge in [-0.3, -0.25) is 0 Å². The van der Waals surface area contributed by atoms with Crippen LogP contribution in [0.3, 0.4) is 0 Å². The second-order valence-corrected chi connectivity index (χ2v) is 3.41. The molecule has 5 heteroatoms. The molecule has 0 fully saturated rings. The van der Waals surface area contributed by atoms with Gasteiger partial charge < -0.3 is 21.0 Å². The van der Waals surface area contributed by atoms with Gasteiger partial charge in [-0.05, 0) is 24.3 Å². The van der Waals surface area contributed by atoms with Crippen molar-refractivity contribution in [3.63, 3.8) is 0 Å². The zero-order valence-electron chi connectivity index (χ0n) is 10.0. The summed E-state index contributed by atoms with van der Waals surface area (Å²) in [4.78, 5) is 0. The summed E-state index contributed by atoms with van der Waals surface area (Å²) in [5.74, 6) is 0.319. The van der Waals surface area contributed by atoms with E-state index < -0.39 is 0 Å². The Bertz CT molecular complexity index is 495. The smallest absolute Gasteiger partial charge is 0.124 e. The van der Waals surface area contributed by atoms with E-state index in [4.69, 9.17) is 21.0 Å². The van der Waals surface area contributed by atoms with Crippen molar-refractivity contribution in [2.75, 3.05) is 0 Å². The summed E-state index contributed by atoms with van der Waals surface area (Å²) >= 11 is 0. The number of aromatic hydroxyl groups is 2. The Morgan fingerprint density at radius 2 is 1.00 bits per heavy atom. The quantitative estimate of drug-likeness (QED) is 0.643. The summed E-state index contributed by atoms with van der Waals surface area (Å²) in [6.07, 6.45) is 2.24. The number of hydrogen-bond donors (Lipinski definition) is 4. The van der Waals surface area contributed by atoms with E-state index in [1.807, 2.05) is 0 Å². The predicted octanol–water partition coefficient (Wildman–Crippen LogP) is 2.78. The van der Waals surface area contributed by atoms with Gasteiger partial charge in [0.25, 0.3) is 0 Å². The molecule has 19 heavy (non-hydrogen) atoms. The summed E-state index contributed by atoms with van der Waals surface area (Å²) in [6.45, 7) is 0. The molecule has 0 bridgehead atoms. The number of phenols is 2. The van der Waals surface area contributed by atoms with Crippen LogP contribution in [-0.2, 0) is 16.8 Å². The minimum Gasteiger partial charge on any atom is -0.507 e. The molecule has 0 amide bonds. The van der Waals surface area contributed by atoms with Gasteiger partial charge in [-0.1, -0.05) is 24.3 Å². The molecule has 0 aliphatic carbocycles. The summed E-state index contributed by atoms with van der Waals surface area (Å²) in [5, 5.41) is 31.5. The number of rotatable bonds is 2. The first kappa shape index (κ1) is 16.9. The topological polar surface area (TPSA) is 88.2 Å². The maximum atomic E-state index is 8.96. The van der Waals surface area contributed by atoms with E-state index in [0.717, 1.165) is 12.4 Å². The van der Waals surface area contributed by atoms with Crippen molar-refractivity contribution in [2.24, 2.45) is 0 Å². The molecular weight excluding hydrogens is 287 g/mol. The molecule has 0 atom stereocenters. The van der Waals surface area contributed by atoms with Crippen LogP contribution in [0.5, 0.6) is 11.5 Å². The Kier molecular flexibility index (Phi) is 7.91. The Morgan fingerprint density at radius 1 is 0.684 bits per heavy atom. The molecule has 2 aromatic carbocycles. The van der Waals surface area contributed by atoms with Crippen LogP contribution in [0.25, 0.3) is 0 Å². The molecule has 0 saturated carbocycles. The SMILES string of the molecule is N=Cc1ccccc1O.N=Cc1ccccc1O.[Co]. The van der Waals surface area contributed by atoms with Crippen molar-refractivity contribution in [3.05, 3.63) is 59.7 Å². The van der Waals surface area contributed by atoms with Crippen LogP contribution in [0.15, 0.2) is 48.5 Å². The van der Waals surface area contributed by atoms with Crippen LogP contribution in [0.2, 0.25) is 0 Å². The number of hydrogen-bond acceptors (Lipinski definition) is 4. The predicted molar refractivity (Wildman–Crippen MR) is 72.0 cm³/mol. The first-order valence-electron chi connectivity index (χ1n) is 5.26. The van der Waals surface area contributed by atoms with E-state index in [1.54, 1.807) is 48.5 Å². The van der Waals surface area contributed by atoms with E-state index in [2.05, 4.69) is 0 Å². The van der Waals surface area contributed by atoms with E-state index in [1.165, 1.54) is 0 Å². The van der Waals surface area contributed by atoms with E-state index in [-0.39, 0.29) is 28.3 Å². The van der Waals surface area contributed by atoms with Crippen molar-refractivity contribution < 1.29 is 27.0 Å². The Morgan fingerprint density at radius 3 is 1.21 bits per heavy atom. The van der Waals surface area contributed by atoms with Gasteiger partial charge >= 0.3 is 0 Å². The molecule has 1 radical (unpaired) electrons. The third-order valence-electron chi connectivity index (χ3n) is 2.18. The molecule has 0 spiro atoms. The number of para-hydroxylation sites is 2. The van der Waals surface area contributed by atoms with Gasteiger partial charge in [-0.2, -0.15) is 0 Å². The molecule has 0 aliphatic heterocycles. The second-order valence-electron chi connectivity index (χ2n) is 3.41. The fraction of sp³-hybridized carbons (Fsp3) is 0. The van der Waals surface area contributed by atoms with Crippen molar-refractivity contribution in [3.8, 4) is 11.5 Å². The van der Waals surface area contributed by atoms with Crippen LogP contribution >= 0.6 is 0 Å². The van der Waals surface area contributed by atoms with E-state index >= 15 is 0 Å². The summed E-state index contributed by atoms with van der Waals surface area (Å²) in [5.41, 5.74) is 1.11. The Labute approximate surface area is 122 Å². The van der Waals surface area contributed by atoms with Gasteiger partial charge in [0, 0.05) is 40.3 Å². The van der Waals surface area contributed by atoms with E-state index in [9.17, 15) is 0 Å². The summed E-state index contributed by atoms with van der Waals surface area (Å²) < 4.78 is 0.